The largest absolute Gasteiger partial charge is 0.416 e. The predicted octanol–water partition coefficient (Wildman–Crippen LogP) is 11.0. The molecule has 12 nitrogen and oxygen atoms in total. The number of aromatic nitrogens is 3. The number of aliphatic hydroxyl groups is 1. The highest BCUT2D eigenvalue weighted by atomic mass is 19.4. The van der Waals surface area contributed by atoms with Crippen LogP contribution in [0.5, 0.6) is 0 Å². The molecule has 4 heterocycles. The Morgan fingerprint density at radius 2 is 1.52 bits per heavy atom. The first-order valence-corrected chi connectivity index (χ1v) is 25.4. The second kappa shape index (κ2) is 25.4. The fourth-order valence-electron chi connectivity index (χ4n) is 10.2. The number of aryl methyl sites for hydroxylation is 1. The van der Waals surface area contributed by atoms with Crippen LogP contribution >= 0.6 is 0 Å². The Bertz CT molecular complexity index is 2590. The molecule has 1 saturated carbocycles. The summed E-state index contributed by atoms with van der Waals surface area (Å²) in [7, 11) is 2.60. The Morgan fingerprint density at radius 3 is 2.19 bits per heavy atom. The van der Waals surface area contributed by atoms with Gasteiger partial charge in [0, 0.05) is 107 Å². The molecule has 3 N–H and O–H groups in total. The van der Waals surface area contributed by atoms with Gasteiger partial charge in [0.15, 0.2) is 0 Å². The molecule has 2 fully saturated rings. The van der Waals surface area contributed by atoms with E-state index < -0.39 is 35.2 Å². The van der Waals surface area contributed by atoms with Crippen molar-refractivity contribution in [2.45, 2.75) is 115 Å². The van der Waals surface area contributed by atoms with Gasteiger partial charge >= 0.3 is 12.4 Å². The topological polar surface area (TPSA) is 128 Å². The number of amides is 2. The lowest BCUT2D eigenvalue weighted by molar-refractivity contribution is -0.143. The number of rotatable bonds is 21. The Kier molecular flexibility index (Phi) is 19.1. The molecule has 3 aliphatic rings. The lowest BCUT2D eigenvalue weighted by Crippen LogP contribution is -2.46. The van der Waals surface area contributed by atoms with Crippen LogP contribution in [0.2, 0.25) is 0 Å². The summed E-state index contributed by atoms with van der Waals surface area (Å²) in [5.74, 6) is -0.340. The third-order valence-corrected chi connectivity index (χ3v) is 14.1. The molecule has 5 aromatic rings. The number of piperazine rings is 1. The van der Waals surface area contributed by atoms with Gasteiger partial charge in [-0.15, -0.1) is 6.58 Å². The van der Waals surface area contributed by atoms with Gasteiger partial charge in [-0.3, -0.25) is 14.5 Å². The quantitative estimate of drug-likeness (QED) is 0.0374. The highest BCUT2D eigenvalue weighted by molar-refractivity contribution is 6.01. The number of ether oxygens (including phenoxy) is 1. The number of alkyl halides is 6. The Morgan fingerprint density at radius 1 is 0.849 bits per heavy atom. The second-order valence-electron chi connectivity index (χ2n) is 19.1. The third kappa shape index (κ3) is 14.3. The highest BCUT2D eigenvalue weighted by Crippen LogP contribution is 2.40. The highest BCUT2D eigenvalue weighted by Gasteiger charge is 2.38. The number of benzene rings is 3. The molecule has 18 heteroatoms. The minimum absolute atomic E-state index is 0.0896. The number of aliphatic hydroxyl groups excluding tert-OH is 1. The molecule has 8 rings (SSSR count). The van der Waals surface area contributed by atoms with Crippen molar-refractivity contribution in [2.75, 3.05) is 65.4 Å². The molecule has 2 aliphatic heterocycles. The molecule has 1 saturated heterocycles. The van der Waals surface area contributed by atoms with E-state index >= 15 is 0 Å². The van der Waals surface area contributed by atoms with Gasteiger partial charge in [0.2, 0.25) is 11.9 Å². The number of hydrogen-bond acceptors (Lipinski definition) is 9. The molecule has 73 heavy (non-hydrogen) atoms. The minimum Gasteiger partial charge on any atom is -0.400 e. The summed E-state index contributed by atoms with van der Waals surface area (Å²) in [6.07, 6.45) is 6.80. The lowest BCUT2D eigenvalue weighted by atomic mass is 9.95. The van der Waals surface area contributed by atoms with Gasteiger partial charge in [-0.1, -0.05) is 61.7 Å². The van der Waals surface area contributed by atoms with Crippen LogP contribution in [0.25, 0.3) is 22.2 Å². The summed E-state index contributed by atoms with van der Waals surface area (Å²) >= 11 is 0. The van der Waals surface area contributed by atoms with Gasteiger partial charge in [-0.05, 0) is 111 Å². The van der Waals surface area contributed by atoms with Crippen molar-refractivity contribution in [3.63, 3.8) is 0 Å². The maximum absolute atomic E-state index is 13.6. The number of hydrogen-bond donors (Lipinski definition) is 3. The molecule has 0 bridgehead atoms. The fraction of sp³-hybridized carbons (Fsp3) is 0.491. The zero-order chi connectivity index (χ0) is 52.1. The second-order valence-corrected chi connectivity index (χ2v) is 19.1. The normalized spacial score (nSPS) is 16.3. The van der Waals surface area contributed by atoms with E-state index in [4.69, 9.17) is 14.8 Å². The molecule has 394 valence electrons. The van der Waals surface area contributed by atoms with Gasteiger partial charge < -0.3 is 34.8 Å². The van der Waals surface area contributed by atoms with E-state index in [0.717, 1.165) is 139 Å². The number of likely N-dealkylation sites (N-methyl/N-ethyl adjacent to an activating group) is 1. The Hall–Kier alpha value is -5.82. The zero-order valence-corrected chi connectivity index (χ0v) is 41.8. The summed E-state index contributed by atoms with van der Waals surface area (Å²) in [4.78, 5) is 41.5. The first-order valence-electron chi connectivity index (χ1n) is 25.4. The number of carbonyl (C=O) groups excluding carboxylic acids is 2. The minimum atomic E-state index is -4.98. The first kappa shape index (κ1) is 54.9. The molecule has 2 amide bonds. The fourth-order valence-corrected chi connectivity index (χ4v) is 10.2. The zero-order valence-electron chi connectivity index (χ0n) is 41.8. The van der Waals surface area contributed by atoms with Crippen LogP contribution in [0.1, 0.15) is 115 Å². The van der Waals surface area contributed by atoms with Gasteiger partial charge in [0.05, 0.1) is 11.1 Å². The number of carbonyl (C=O) groups is 2. The lowest BCUT2D eigenvalue weighted by Gasteiger charge is -2.34. The summed E-state index contributed by atoms with van der Waals surface area (Å²) in [5, 5.41) is 13.1. The summed E-state index contributed by atoms with van der Waals surface area (Å²) in [5.41, 5.74) is 3.24. The molecule has 0 radical (unpaired) electrons. The third-order valence-electron chi connectivity index (χ3n) is 14.1. The summed E-state index contributed by atoms with van der Waals surface area (Å²) in [6.45, 7) is 11.5. The summed E-state index contributed by atoms with van der Waals surface area (Å²) < 4.78 is 89.7. The van der Waals surface area contributed by atoms with E-state index in [1.54, 1.807) is 24.2 Å². The van der Waals surface area contributed by atoms with Crippen molar-refractivity contribution in [2.24, 2.45) is 0 Å². The number of allylic oxidation sites excluding steroid dienone is 1. The predicted molar refractivity (Wildman–Crippen MR) is 271 cm³/mol. The van der Waals surface area contributed by atoms with Crippen molar-refractivity contribution in [3.8, 4) is 11.1 Å². The Balaban J connectivity index is 0.00000385. The van der Waals surface area contributed by atoms with Gasteiger partial charge in [0.25, 0.3) is 5.91 Å². The molecule has 0 spiro atoms. The maximum atomic E-state index is 13.6. The molecular formula is C55H68F6N8O4. The number of anilines is 2. The average Bonchev–Trinajstić information content (AvgIpc) is 3.93. The monoisotopic (exact) mass is 1020 g/mol. The number of unbranched alkanes of at least 4 members (excludes halogenated alkanes) is 2. The molecule has 3 aromatic carbocycles. The number of nitrogens with zero attached hydrogens (tertiary/aromatic N) is 6. The van der Waals surface area contributed by atoms with Crippen LogP contribution in [-0.2, 0) is 41.4 Å². The van der Waals surface area contributed by atoms with Crippen molar-refractivity contribution in [1.82, 2.24) is 34.6 Å². The first-order chi connectivity index (χ1) is 35.2. The van der Waals surface area contributed by atoms with Crippen LogP contribution in [0.4, 0.5) is 38.0 Å². The van der Waals surface area contributed by atoms with E-state index in [2.05, 4.69) is 73.1 Å². The number of fused-ring (bicyclic) bond motifs is 2. The average molecular weight is 1020 g/mol. The molecule has 1 unspecified atom stereocenters. The Labute approximate surface area is 423 Å². The van der Waals surface area contributed by atoms with Crippen LogP contribution < -0.4 is 10.6 Å². The number of halogens is 6. The standard InChI is InChI=1S/C54H64F6N8O3.CH4O/c1-3-4-15-48(50(69)61-2)68-35-40-29-37(18-21-45(40)51(68)70)12-11-28-71-27-10-6-9-22-65-23-25-66(26-24-65)34-38-16-19-39(20-17-38)47-36-67(44-13-7-5-8-14-44)49-46(47)33-62-52(64-49)63-43-31-41(53(55,56)57)30-42(32-43)54(58,59)60;1-2/h3,16-21,29-33,36,44,48H,1,4-15,22-28,34-35H2,2H3,(H,61,69)(H,62,63,64);2H,1H3. The van der Waals surface area contributed by atoms with Crippen molar-refractivity contribution in [1.29, 1.82) is 0 Å². The smallest absolute Gasteiger partial charge is 0.400 e. The van der Waals surface area contributed by atoms with E-state index in [-0.39, 0.29) is 29.9 Å². The maximum Gasteiger partial charge on any atom is 0.416 e. The molecule has 1 atom stereocenters. The molecule has 2 aromatic heterocycles. The van der Waals surface area contributed by atoms with Crippen LogP contribution in [0, 0.1) is 0 Å². The van der Waals surface area contributed by atoms with Crippen molar-refractivity contribution >= 4 is 34.5 Å². The summed E-state index contributed by atoms with van der Waals surface area (Å²) in [6, 6.07) is 15.5. The van der Waals surface area contributed by atoms with Gasteiger partial charge in [-0.2, -0.15) is 31.3 Å². The van der Waals surface area contributed by atoms with Crippen LogP contribution in [-0.4, -0.2) is 112 Å². The van der Waals surface area contributed by atoms with Crippen molar-refractivity contribution in [3.05, 3.63) is 119 Å². The molecular weight excluding hydrogens is 951 g/mol. The van der Waals surface area contributed by atoms with Crippen LogP contribution in [0.15, 0.2) is 85.7 Å². The van der Waals surface area contributed by atoms with Gasteiger partial charge in [-0.25, -0.2) is 4.98 Å². The number of nitrogens with one attached hydrogen (secondary N) is 2. The van der Waals surface area contributed by atoms with Gasteiger partial charge in [0.1, 0.15) is 11.7 Å². The molecule has 1 aliphatic carbocycles. The van der Waals surface area contributed by atoms with Crippen molar-refractivity contribution < 1.29 is 45.8 Å². The SMILES string of the molecule is C=CCCC(C(=O)NC)N1Cc2cc(CCCOCCCCCN3CCN(Cc4ccc(-c5cn(C6CCCCC6)c6nc(Nc7cc(C(F)(F)F)cc(C(F)(F)F)c7)ncc56)cc4)CC3)ccc2C1=O.CO. The van der Waals surface area contributed by atoms with E-state index in [9.17, 15) is 35.9 Å². The van der Waals surface area contributed by atoms with E-state index in [0.29, 0.717) is 49.3 Å². The van der Waals surface area contributed by atoms with Crippen LogP contribution in [0.3, 0.4) is 0 Å². The van der Waals surface area contributed by atoms with E-state index in [1.807, 2.05) is 12.1 Å². The van der Waals surface area contributed by atoms with E-state index in [1.165, 1.54) is 11.1 Å².